The minimum atomic E-state index is 0.248. The van der Waals surface area contributed by atoms with Crippen LogP contribution in [0.1, 0.15) is 17.2 Å². The van der Waals surface area contributed by atoms with Gasteiger partial charge in [-0.05, 0) is 23.3 Å². The van der Waals surface area contributed by atoms with Crippen molar-refractivity contribution in [2.45, 2.75) is 6.04 Å². The number of hydrogen-bond donors (Lipinski definition) is 1. The molecule has 32 heavy (non-hydrogen) atoms. The van der Waals surface area contributed by atoms with Crippen molar-refractivity contribution in [3.8, 4) is 6.01 Å². The normalized spacial score (nSPS) is 15.4. The molecule has 164 valence electrons. The number of nitrogens with zero attached hydrogens (tertiary/aromatic N) is 4. The van der Waals surface area contributed by atoms with Crippen molar-refractivity contribution < 1.29 is 9.94 Å². The zero-order chi connectivity index (χ0) is 21.8. The molecule has 1 aliphatic heterocycles. The number of aromatic nitrogens is 2. The average molecular weight is 429 g/mol. The largest absolute Gasteiger partial charge is 0.461 e. The summed E-state index contributed by atoms with van der Waals surface area (Å²) in [5.74, 6) is 0. The van der Waals surface area contributed by atoms with Gasteiger partial charge in [0.25, 0.3) is 0 Å². The Morgan fingerprint density at radius 2 is 1.38 bits per heavy atom. The second-order valence-corrected chi connectivity index (χ2v) is 8.14. The van der Waals surface area contributed by atoms with E-state index in [-0.39, 0.29) is 12.1 Å². The molecule has 2 heterocycles. The summed E-state index contributed by atoms with van der Waals surface area (Å²) >= 11 is 0. The second kappa shape index (κ2) is 9.42. The van der Waals surface area contributed by atoms with Crippen LogP contribution < -0.4 is 4.74 Å². The molecule has 5 rings (SSSR count). The summed E-state index contributed by atoms with van der Waals surface area (Å²) in [6.07, 6.45) is 0. The number of hydrogen-bond acceptors (Lipinski definition) is 5. The quantitative estimate of drug-likeness (QED) is 0.450. The molecular formula is C26H28N4O2. The van der Waals surface area contributed by atoms with Crippen LogP contribution >= 0.6 is 0 Å². The van der Waals surface area contributed by atoms with Crippen molar-refractivity contribution in [2.24, 2.45) is 0 Å². The van der Waals surface area contributed by atoms with Crippen LogP contribution in [0.3, 0.4) is 0 Å². The van der Waals surface area contributed by atoms with Crippen LogP contribution in [0, 0.1) is 0 Å². The fourth-order valence-corrected chi connectivity index (χ4v) is 4.48. The third kappa shape index (κ3) is 4.33. The van der Waals surface area contributed by atoms with Gasteiger partial charge in [0.05, 0.1) is 11.6 Å². The Morgan fingerprint density at radius 1 is 0.781 bits per heavy atom. The Labute approximate surface area is 188 Å². The Bertz CT molecular complexity index is 1100. The molecule has 1 saturated heterocycles. The van der Waals surface area contributed by atoms with Gasteiger partial charge in [-0.3, -0.25) is 9.80 Å². The van der Waals surface area contributed by atoms with E-state index in [1.807, 2.05) is 24.3 Å². The fourth-order valence-electron chi connectivity index (χ4n) is 4.48. The molecule has 1 fully saturated rings. The lowest BCUT2D eigenvalue weighted by atomic mass is 9.96. The van der Waals surface area contributed by atoms with Gasteiger partial charge in [-0.2, -0.15) is 4.98 Å². The Hall–Kier alpha value is -3.35. The van der Waals surface area contributed by atoms with Gasteiger partial charge in [0.1, 0.15) is 12.1 Å². The molecule has 0 bridgehead atoms. The van der Waals surface area contributed by atoms with Gasteiger partial charge >= 0.3 is 6.01 Å². The second-order valence-electron chi connectivity index (χ2n) is 8.14. The molecule has 0 spiro atoms. The zero-order valence-corrected chi connectivity index (χ0v) is 18.0. The minimum Gasteiger partial charge on any atom is -0.461 e. The van der Waals surface area contributed by atoms with Gasteiger partial charge in [0.15, 0.2) is 0 Å². The third-order valence-electron chi connectivity index (χ3n) is 6.15. The lowest BCUT2D eigenvalue weighted by molar-refractivity contribution is 0.0882. The first-order chi connectivity index (χ1) is 15.8. The Balaban J connectivity index is 1.19. The lowest BCUT2D eigenvalue weighted by Crippen LogP contribution is -2.48. The van der Waals surface area contributed by atoms with Crippen molar-refractivity contribution >= 4 is 11.0 Å². The highest BCUT2D eigenvalue weighted by atomic mass is 16.6. The van der Waals surface area contributed by atoms with Crippen LogP contribution in [0.25, 0.3) is 11.0 Å². The molecule has 0 saturated carbocycles. The number of imidazole rings is 1. The molecule has 1 N–H and O–H groups in total. The summed E-state index contributed by atoms with van der Waals surface area (Å²) in [6, 6.07) is 29.5. The highest BCUT2D eigenvalue weighted by Gasteiger charge is 2.26. The number of fused-ring (bicyclic) bond motifs is 1. The molecule has 4 aromatic rings. The number of rotatable bonds is 7. The van der Waals surface area contributed by atoms with Gasteiger partial charge in [-0.15, -0.1) is 4.73 Å². The highest BCUT2D eigenvalue weighted by Crippen LogP contribution is 2.29. The zero-order valence-electron chi connectivity index (χ0n) is 18.0. The van der Waals surface area contributed by atoms with Crippen LogP contribution in [-0.2, 0) is 0 Å². The van der Waals surface area contributed by atoms with Crippen molar-refractivity contribution in [1.29, 1.82) is 0 Å². The molecule has 0 amide bonds. The summed E-state index contributed by atoms with van der Waals surface area (Å²) < 4.78 is 6.81. The van der Waals surface area contributed by atoms with Crippen molar-refractivity contribution in [2.75, 3.05) is 39.3 Å². The minimum absolute atomic E-state index is 0.248. The topological polar surface area (TPSA) is 53.8 Å². The Kier molecular flexibility index (Phi) is 6.05. The van der Waals surface area contributed by atoms with Gasteiger partial charge in [-0.1, -0.05) is 72.8 Å². The molecule has 0 atom stereocenters. The summed E-state index contributed by atoms with van der Waals surface area (Å²) in [5, 5.41) is 10.2. The first-order valence-corrected chi connectivity index (χ1v) is 11.2. The van der Waals surface area contributed by atoms with Gasteiger partial charge < -0.3 is 9.94 Å². The smallest absolute Gasteiger partial charge is 0.331 e. The Morgan fingerprint density at radius 3 is 2.00 bits per heavy atom. The molecule has 1 aliphatic rings. The molecule has 0 radical (unpaired) electrons. The number of benzene rings is 3. The molecule has 6 heteroatoms. The van der Waals surface area contributed by atoms with E-state index in [0.29, 0.717) is 12.1 Å². The molecule has 1 aromatic heterocycles. The lowest BCUT2D eigenvalue weighted by Gasteiger charge is -2.39. The summed E-state index contributed by atoms with van der Waals surface area (Å²) in [5.41, 5.74) is 4.05. The molecule has 3 aromatic carbocycles. The molecule has 0 unspecified atom stereocenters. The van der Waals surface area contributed by atoms with Crippen LogP contribution in [0.15, 0.2) is 84.9 Å². The predicted molar refractivity (Wildman–Crippen MR) is 125 cm³/mol. The summed E-state index contributed by atoms with van der Waals surface area (Å²) in [7, 11) is 0. The van der Waals surface area contributed by atoms with E-state index in [4.69, 9.17) is 4.74 Å². The molecule has 6 nitrogen and oxygen atoms in total. The van der Waals surface area contributed by atoms with E-state index in [1.54, 1.807) is 0 Å². The van der Waals surface area contributed by atoms with Crippen LogP contribution in [0.5, 0.6) is 6.01 Å². The van der Waals surface area contributed by atoms with Crippen LogP contribution in [-0.4, -0.2) is 64.1 Å². The average Bonchev–Trinajstić information content (AvgIpc) is 3.17. The van der Waals surface area contributed by atoms with Crippen LogP contribution in [0.2, 0.25) is 0 Å². The van der Waals surface area contributed by atoms with E-state index in [2.05, 4.69) is 75.4 Å². The maximum absolute atomic E-state index is 10.2. The van der Waals surface area contributed by atoms with E-state index in [1.165, 1.54) is 11.1 Å². The number of piperazine rings is 1. The molecular weight excluding hydrogens is 400 g/mol. The van der Waals surface area contributed by atoms with E-state index < -0.39 is 0 Å². The van der Waals surface area contributed by atoms with E-state index in [9.17, 15) is 5.21 Å². The van der Waals surface area contributed by atoms with Crippen molar-refractivity contribution in [3.05, 3.63) is 96.1 Å². The van der Waals surface area contributed by atoms with Gasteiger partial charge in [0, 0.05) is 32.7 Å². The van der Waals surface area contributed by atoms with Crippen LogP contribution in [0.4, 0.5) is 0 Å². The third-order valence-corrected chi connectivity index (χ3v) is 6.15. The first kappa shape index (κ1) is 20.5. The van der Waals surface area contributed by atoms with Gasteiger partial charge in [0.2, 0.25) is 0 Å². The number of ether oxygens (including phenoxy) is 1. The summed E-state index contributed by atoms with van der Waals surface area (Å²) in [6.45, 7) is 5.24. The predicted octanol–water partition coefficient (Wildman–Crippen LogP) is 4.06. The summed E-state index contributed by atoms with van der Waals surface area (Å²) in [4.78, 5) is 9.34. The molecule has 0 aliphatic carbocycles. The highest BCUT2D eigenvalue weighted by molar-refractivity contribution is 5.76. The SMILES string of the molecule is On1c(OCCN2CCN(C(c3ccccc3)c3ccccc3)CC2)nc2ccccc21. The van der Waals surface area contributed by atoms with Crippen molar-refractivity contribution in [1.82, 2.24) is 19.5 Å². The first-order valence-electron chi connectivity index (χ1n) is 11.2. The van der Waals surface area contributed by atoms with E-state index in [0.717, 1.165) is 43.0 Å². The van der Waals surface area contributed by atoms with Gasteiger partial charge in [-0.25, -0.2) is 0 Å². The number of para-hydroxylation sites is 2. The monoisotopic (exact) mass is 428 g/mol. The fraction of sp³-hybridized carbons (Fsp3) is 0.269. The standard InChI is InChI=1S/C26H28N4O2/c31-30-24-14-8-7-13-23(24)27-26(30)32-20-19-28-15-17-29(18-16-28)25(21-9-3-1-4-10-21)22-11-5-2-6-12-22/h1-14,25,31H,15-20H2. The maximum Gasteiger partial charge on any atom is 0.331 e. The van der Waals surface area contributed by atoms with E-state index >= 15 is 0 Å². The maximum atomic E-state index is 10.2. The van der Waals surface area contributed by atoms with Crippen molar-refractivity contribution in [3.63, 3.8) is 0 Å².